The van der Waals surface area contributed by atoms with E-state index < -0.39 is 0 Å². The fourth-order valence-corrected chi connectivity index (χ4v) is 3.36. The van der Waals surface area contributed by atoms with Crippen LogP contribution in [0.5, 0.6) is 0 Å². The summed E-state index contributed by atoms with van der Waals surface area (Å²) in [5.74, 6) is 1.26. The second-order valence-corrected chi connectivity index (χ2v) is 7.18. The maximum Gasteiger partial charge on any atom is 0.242 e. The quantitative estimate of drug-likeness (QED) is 0.187. The van der Waals surface area contributed by atoms with E-state index in [0.717, 1.165) is 65.2 Å². The predicted molar refractivity (Wildman–Crippen MR) is 119 cm³/mol. The van der Waals surface area contributed by atoms with Gasteiger partial charge in [0.15, 0.2) is 5.96 Å². The molecule has 1 aliphatic heterocycles. The number of guanidine groups is 1. The molecule has 1 atom stereocenters. The highest BCUT2D eigenvalue weighted by Gasteiger charge is 2.16. The van der Waals surface area contributed by atoms with Crippen LogP contribution in [-0.4, -0.2) is 64.0 Å². The molecule has 2 rings (SSSR count). The van der Waals surface area contributed by atoms with Crippen molar-refractivity contribution in [2.75, 3.05) is 46.1 Å². The molecule has 2 fully saturated rings. The van der Waals surface area contributed by atoms with E-state index in [0.29, 0.717) is 17.9 Å². The lowest BCUT2D eigenvalue weighted by atomic mass is 9.95. The fourth-order valence-electron chi connectivity index (χ4n) is 3.36. The van der Waals surface area contributed by atoms with E-state index in [1.54, 1.807) is 0 Å². The Morgan fingerprint density at radius 2 is 2.00 bits per heavy atom. The van der Waals surface area contributed by atoms with Gasteiger partial charge in [0.1, 0.15) is 6.54 Å². The van der Waals surface area contributed by atoms with E-state index in [1.807, 2.05) is 6.92 Å². The SMILES string of the molecule is CCNC(=NCC(=O)NC1CCCCC1)NCCCOCC1CCOC1.I. The van der Waals surface area contributed by atoms with E-state index in [9.17, 15) is 4.79 Å². The van der Waals surface area contributed by atoms with Crippen molar-refractivity contribution in [3.05, 3.63) is 0 Å². The van der Waals surface area contributed by atoms with Gasteiger partial charge in [0.25, 0.3) is 0 Å². The molecule has 0 spiro atoms. The average Bonchev–Trinajstić information content (AvgIpc) is 3.16. The second kappa shape index (κ2) is 15.3. The van der Waals surface area contributed by atoms with Crippen molar-refractivity contribution in [3.8, 4) is 0 Å². The van der Waals surface area contributed by atoms with Crippen molar-refractivity contribution in [2.45, 2.75) is 57.9 Å². The molecule has 158 valence electrons. The molecule has 0 aromatic heterocycles. The number of nitrogens with one attached hydrogen (secondary N) is 3. The molecule has 1 heterocycles. The van der Waals surface area contributed by atoms with Crippen molar-refractivity contribution in [3.63, 3.8) is 0 Å². The molecule has 1 amide bonds. The Kier molecular flexibility index (Phi) is 13.9. The number of amides is 1. The van der Waals surface area contributed by atoms with Crippen LogP contribution in [0.25, 0.3) is 0 Å². The van der Waals surface area contributed by atoms with Crippen LogP contribution >= 0.6 is 24.0 Å². The van der Waals surface area contributed by atoms with Gasteiger partial charge in [-0.2, -0.15) is 0 Å². The minimum Gasteiger partial charge on any atom is -0.381 e. The molecule has 1 unspecified atom stereocenters. The van der Waals surface area contributed by atoms with Crippen molar-refractivity contribution in [1.29, 1.82) is 0 Å². The first-order valence-electron chi connectivity index (χ1n) is 10.2. The van der Waals surface area contributed by atoms with Gasteiger partial charge in [-0.1, -0.05) is 19.3 Å². The summed E-state index contributed by atoms with van der Waals surface area (Å²) in [5, 5.41) is 9.54. The van der Waals surface area contributed by atoms with Crippen LogP contribution in [0.2, 0.25) is 0 Å². The third kappa shape index (κ3) is 11.1. The highest BCUT2D eigenvalue weighted by atomic mass is 127. The van der Waals surface area contributed by atoms with E-state index in [1.165, 1.54) is 19.3 Å². The lowest BCUT2D eigenvalue weighted by molar-refractivity contribution is -0.120. The molecule has 3 N–H and O–H groups in total. The number of hydrogen-bond acceptors (Lipinski definition) is 4. The largest absolute Gasteiger partial charge is 0.381 e. The minimum atomic E-state index is 0. The van der Waals surface area contributed by atoms with Gasteiger partial charge in [-0.25, -0.2) is 4.99 Å². The number of halogens is 1. The zero-order valence-corrected chi connectivity index (χ0v) is 19.0. The molecular weight excluding hydrogens is 459 g/mol. The van der Waals surface area contributed by atoms with Crippen LogP contribution in [-0.2, 0) is 14.3 Å². The molecule has 0 aromatic carbocycles. The number of aliphatic imine (C=N–C) groups is 1. The molecule has 0 aromatic rings. The standard InChI is InChI=1S/C19H36N4O3.HI/c1-2-20-19(21-10-6-11-25-14-16-9-12-26-15-16)22-13-18(24)23-17-7-4-3-5-8-17;/h16-17H,2-15H2,1H3,(H,23,24)(H2,20,21,22);1H. The molecule has 1 saturated carbocycles. The number of rotatable bonds is 10. The Morgan fingerprint density at radius 1 is 1.19 bits per heavy atom. The van der Waals surface area contributed by atoms with E-state index in [-0.39, 0.29) is 36.4 Å². The normalized spacial score (nSPS) is 20.8. The van der Waals surface area contributed by atoms with Crippen LogP contribution in [0.4, 0.5) is 0 Å². The van der Waals surface area contributed by atoms with Crippen molar-refractivity contribution in [1.82, 2.24) is 16.0 Å². The Hall–Kier alpha value is -0.610. The van der Waals surface area contributed by atoms with Gasteiger partial charge >= 0.3 is 0 Å². The van der Waals surface area contributed by atoms with Gasteiger partial charge in [0, 0.05) is 38.3 Å². The molecule has 1 saturated heterocycles. The van der Waals surface area contributed by atoms with Crippen LogP contribution in [0.1, 0.15) is 51.9 Å². The lowest BCUT2D eigenvalue weighted by Crippen LogP contribution is -2.41. The molecule has 2 aliphatic rings. The highest BCUT2D eigenvalue weighted by Crippen LogP contribution is 2.17. The smallest absolute Gasteiger partial charge is 0.242 e. The third-order valence-electron chi connectivity index (χ3n) is 4.83. The van der Waals surface area contributed by atoms with Crippen molar-refractivity contribution in [2.24, 2.45) is 10.9 Å². The highest BCUT2D eigenvalue weighted by molar-refractivity contribution is 14.0. The lowest BCUT2D eigenvalue weighted by Gasteiger charge is -2.22. The molecule has 27 heavy (non-hydrogen) atoms. The summed E-state index contributed by atoms with van der Waals surface area (Å²) >= 11 is 0. The minimum absolute atomic E-state index is 0. The predicted octanol–water partition coefficient (Wildman–Crippen LogP) is 2.05. The number of carbonyl (C=O) groups excluding carboxylic acids is 1. The summed E-state index contributed by atoms with van der Waals surface area (Å²) in [6, 6.07) is 0.337. The van der Waals surface area contributed by atoms with Crippen molar-refractivity contribution < 1.29 is 14.3 Å². The molecule has 7 nitrogen and oxygen atoms in total. The van der Waals surface area contributed by atoms with E-state index in [4.69, 9.17) is 9.47 Å². The summed E-state index contributed by atoms with van der Waals surface area (Å²) in [5.41, 5.74) is 0. The van der Waals surface area contributed by atoms with Gasteiger partial charge in [-0.05, 0) is 32.6 Å². The molecular formula is C19H37IN4O3. The first kappa shape index (κ1) is 24.4. The summed E-state index contributed by atoms with van der Waals surface area (Å²) < 4.78 is 11.0. The number of nitrogens with zero attached hydrogens (tertiary/aromatic N) is 1. The Balaban J connectivity index is 0.00000364. The van der Waals surface area contributed by atoms with Crippen molar-refractivity contribution >= 4 is 35.8 Å². The zero-order chi connectivity index (χ0) is 18.5. The molecule has 0 bridgehead atoms. The first-order chi connectivity index (χ1) is 12.8. The Labute approximate surface area is 180 Å². The maximum absolute atomic E-state index is 12.1. The molecule has 1 aliphatic carbocycles. The monoisotopic (exact) mass is 496 g/mol. The topological polar surface area (TPSA) is 84.0 Å². The molecule has 0 radical (unpaired) electrons. The van der Waals surface area contributed by atoms with E-state index in [2.05, 4.69) is 20.9 Å². The fraction of sp³-hybridized carbons (Fsp3) is 0.895. The van der Waals surface area contributed by atoms with Crippen LogP contribution in [0.3, 0.4) is 0 Å². The van der Waals surface area contributed by atoms with E-state index >= 15 is 0 Å². The number of carbonyl (C=O) groups is 1. The van der Waals surface area contributed by atoms with Gasteiger partial charge in [-0.3, -0.25) is 4.79 Å². The average molecular weight is 496 g/mol. The maximum atomic E-state index is 12.1. The third-order valence-corrected chi connectivity index (χ3v) is 4.83. The van der Waals surface area contributed by atoms with Crippen LogP contribution in [0, 0.1) is 5.92 Å². The number of hydrogen-bond donors (Lipinski definition) is 3. The van der Waals surface area contributed by atoms with Gasteiger partial charge in [-0.15, -0.1) is 24.0 Å². The van der Waals surface area contributed by atoms with Crippen LogP contribution < -0.4 is 16.0 Å². The van der Waals surface area contributed by atoms with Gasteiger partial charge in [0.2, 0.25) is 5.91 Å². The molecule has 8 heteroatoms. The second-order valence-electron chi connectivity index (χ2n) is 7.18. The summed E-state index contributed by atoms with van der Waals surface area (Å²) in [6.07, 6.45) is 7.94. The summed E-state index contributed by atoms with van der Waals surface area (Å²) in [7, 11) is 0. The number of ether oxygens (including phenoxy) is 2. The summed E-state index contributed by atoms with van der Waals surface area (Å²) in [4.78, 5) is 16.4. The zero-order valence-electron chi connectivity index (χ0n) is 16.6. The summed E-state index contributed by atoms with van der Waals surface area (Å²) in [6.45, 7) is 6.95. The Morgan fingerprint density at radius 3 is 2.70 bits per heavy atom. The van der Waals surface area contributed by atoms with Gasteiger partial charge in [0.05, 0.1) is 13.2 Å². The van der Waals surface area contributed by atoms with Gasteiger partial charge < -0.3 is 25.4 Å². The van der Waals surface area contributed by atoms with Crippen LogP contribution in [0.15, 0.2) is 4.99 Å². The Bertz CT molecular complexity index is 425. The first-order valence-corrected chi connectivity index (χ1v) is 10.2.